The molecule has 1 aliphatic heterocycles. The second kappa shape index (κ2) is 4.38. The molecule has 19 heavy (non-hydrogen) atoms. The van der Waals surface area contributed by atoms with Crippen LogP contribution >= 0.6 is 0 Å². The smallest absolute Gasteiger partial charge is 0.335 e. The number of hydrogen-bond donors (Lipinski definition) is 1. The number of carbonyl (C=O) groups is 1. The molecular formula is C13H14N4O2. The van der Waals surface area contributed by atoms with Crippen LogP contribution in [0.25, 0.3) is 0 Å². The summed E-state index contributed by atoms with van der Waals surface area (Å²) >= 11 is 0. The number of carboxylic acid groups (broad SMARTS) is 1. The summed E-state index contributed by atoms with van der Waals surface area (Å²) in [6.07, 6.45) is 2.41. The van der Waals surface area contributed by atoms with Gasteiger partial charge in [0.2, 0.25) is 0 Å². The largest absolute Gasteiger partial charge is 0.478 e. The molecule has 1 aromatic carbocycles. The summed E-state index contributed by atoms with van der Waals surface area (Å²) in [7, 11) is 1.87. The topological polar surface area (TPSA) is 71.2 Å². The van der Waals surface area contributed by atoms with Crippen molar-refractivity contribution in [2.24, 2.45) is 7.05 Å². The number of hydrogen-bond acceptors (Lipinski definition) is 4. The molecule has 0 spiro atoms. The van der Waals surface area contributed by atoms with Crippen LogP contribution in [0, 0.1) is 0 Å². The molecule has 6 nitrogen and oxygen atoms in total. The van der Waals surface area contributed by atoms with Crippen molar-refractivity contribution in [1.29, 1.82) is 0 Å². The molecule has 0 aliphatic carbocycles. The average molecular weight is 258 g/mol. The normalized spacial score (nSPS) is 13.6. The molecule has 3 rings (SSSR count). The van der Waals surface area contributed by atoms with Crippen LogP contribution in [0.1, 0.15) is 21.7 Å². The Hall–Kier alpha value is -2.37. The Labute approximate surface area is 110 Å². The molecule has 1 aromatic heterocycles. The highest BCUT2D eigenvalue weighted by atomic mass is 16.4. The van der Waals surface area contributed by atoms with E-state index in [0.29, 0.717) is 12.1 Å². The Bertz CT molecular complexity index is 635. The van der Waals surface area contributed by atoms with Gasteiger partial charge in [0.15, 0.2) is 0 Å². The fourth-order valence-electron chi connectivity index (χ4n) is 2.40. The van der Waals surface area contributed by atoms with Gasteiger partial charge in [-0.2, -0.15) is 5.10 Å². The summed E-state index contributed by atoms with van der Waals surface area (Å²) in [5, 5.41) is 13.0. The zero-order valence-electron chi connectivity index (χ0n) is 10.6. The van der Waals surface area contributed by atoms with E-state index in [1.165, 1.54) is 0 Å². The molecule has 1 aliphatic rings. The summed E-state index contributed by atoms with van der Waals surface area (Å²) in [5.74, 6) is 0.0183. The molecule has 2 heterocycles. The van der Waals surface area contributed by atoms with Gasteiger partial charge in [-0.3, -0.25) is 4.68 Å². The fraction of sp³-hybridized carbons (Fsp3) is 0.308. The highest BCUT2D eigenvalue weighted by Gasteiger charge is 2.21. The van der Waals surface area contributed by atoms with Crippen LogP contribution in [0.4, 0.5) is 5.69 Å². The molecule has 0 saturated heterocycles. The van der Waals surface area contributed by atoms with Crippen LogP contribution in [0.2, 0.25) is 0 Å². The van der Waals surface area contributed by atoms with Gasteiger partial charge in [0.05, 0.1) is 12.1 Å². The molecule has 0 amide bonds. The highest BCUT2D eigenvalue weighted by Crippen LogP contribution is 2.29. The lowest BCUT2D eigenvalue weighted by Gasteiger charge is -2.18. The van der Waals surface area contributed by atoms with E-state index in [-0.39, 0.29) is 0 Å². The maximum absolute atomic E-state index is 10.9. The van der Waals surface area contributed by atoms with Gasteiger partial charge in [0.25, 0.3) is 0 Å². The van der Waals surface area contributed by atoms with Gasteiger partial charge in [-0.15, -0.1) is 0 Å². The highest BCUT2D eigenvalue weighted by molar-refractivity contribution is 5.88. The van der Waals surface area contributed by atoms with Crippen LogP contribution in [0.3, 0.4) is 0 Å². The number of benzene rings is 1. The molecule has 0 fully saturated rings. The van der Waals surface area contributed by atoms with Gasteiger partial charge in [-0.25, -0.2) is 9.78 Å². The van der Waals surface area contributed by atoms with Crippen molar-refractivity contribution in [3.8, 4) is 0 Å². The Morgan fingerprint density at radius 3 is 3.00 bits per heavy atom. The number of aryl methyl sites for hydroxylation is 1. The SMILES string of the molecule is Cn1ncnc1CN1CCc2cc(C(=O)O)ccc21. The third-order valence-electron chi connectivity index (χ3n) is 3.46. The number of rotatable bonds is 3. The molecule has 0 radical (unpaired) electrons. The quantitative estimate of drug-likeness (QED) is 0.891. The second-order valence-electron chi connectivity index (χ2n) is 4.62. The molecule has 0 saturated carbocycles. The van der Waals surface area contributed by atoms with Crippen molar-refractivity contribution in [1.82, 2.24) is 14.8 Å². The minimum Gasteiger partial charge on any atom is -0.478 e. The third-order valence-corrected chi connectivity index (χ3v) is 3.46. The van der Waals surface area contributed by atoms with Crippen molar-refractivity contribution in [2.45, 2.75) is 13.0 Å². The van der Waals surface area contributed by atoms with Gasteiger partial charge < -0.3 is 10.0 Å². The Balaban J connectivity index is 1.86. The zero-order chi connectivity index (χ0) is 13.4. The van der Waals surface area contributed by atoms with Crippen LogP contribution in [0.15, 0.2) is 24.5 Å². The monoisotopic (exact) mass is 258 g/mol. The van der Waals surface area contributed by atoms with Gasteiger partial charge in [0, 0.05) is 19.3 Å². The minimum atomic E-state index is -0.880. The van der Waals surface area contributed by atoms with Crippen molar-refractivity contribution < 1.29 is 9.90 Å². The van der Waals surface area contributed by atoms with Crippen LogP contribution in [-0.2, 0) is 20.0 Å². The molecular weight excluding hydrogens is 244 g/mol. The molecule has 98 valence electrons. The summed E-state index contributed by atoms with van der Waals surface area (Å²) in [6, 6.07) is 5.28. The molecule has 2 aromatic rings. The number of carboxylic acids is 1. The lowest BCUT2D eigenvalue weighted by Crippen LogP contribution is -2.22. The number of aromatic carboxylic acids is 1. The minimum absolute atomic E-state index is 0.347. The van der Waals surface area contributed by atoms with Crippen molar-refractivity contribution >= 4 is 11.7 Å². The lowest BCUT2D eigenvalue weighted by molar-refractivity contribution is 0.0697. The number of anilines is 1. The number of fused-ring (bicyclic) bond motifs is 1. The molecule has 6 heteroatoms. The second-order valence-corrected chi connectivity index (χ2v) is 4.62. The average Bonchev–Trinajstić information content (AvgIpc) is 2.97. The van der Waals surface area contributed by atoms with E-state index in [9.17, 15) is 4.79 Å². The lowest BCUT2D eigenvalue weighted by atomic mass is 10.1. The van der Waals surface area contributed by atoms with Gasteiger partial charge in [0.1, 0.15) is 12.2 Å². The van der Waals surface area contributed by atoms with E-state index in [4.69, 9.17) is 5.11 Å². The van der Waals surface area contributed by atoms with Crippen molar-refractivity contribution in [3.05, 3.63) is 41.5 Å². The predicted octanol–water partition coefficient (Wildman–Crippen LogP) is 1.08. The van der Waals surface area contributed by atoms with E-state index in [0.717, 1.165) is 30.0 Å². The van der Waals surface area contributed by atoms with Crippen LogP contribution in [-0.4, -0.2) is 32.4 Å². The summed E-state index contributed by atoms with van der Waals surface area (Å²) in [4.78, 5) is 17.4. The predicted molar refractivity (Wildman–Crippen MR) is 69.2 cm³/mol. The van der Waals surface area contributed by atoms with E-state index in [1.807, 2.05) is 13.1 Å². The van der Waals surface area contributed by atoms with Crippen molar-refractivity contribution in [3.63, 3.8) is 0 Å². The van der Waals surface area contributed by atoms with E-state index in [1.54, 1.807) is 23.1 Å². The molecule has 1 N–H and O–H groups in total. The molecule has 0 atom stereocenters. The fourth-order valence-corrected chi connectivity index (χ4v) is 2.40. The van der Waals surface area contributed by atoms with E-state index in [2.05, 4.69) is 15.0 Å². The summed E-state index contributed by atoms with van der Waals surface area (Å²) in [5.41, 5.74) is 2.52. The Kier molecular flexibility index (Phi) is 2.70. The molecule has 0 bridgehead atoms. The van der Waals surface area contributed by atoms with Gasteiger partial charge in [-0.1, -0.05) is 0 Å². The first-order valence-corrected chi connectivity index (χ1v) is 6.09. The summed E-state index contributed by atoms with van der Waals surface area (Å²) < 4.78 is 1.75. The Morgan fingerprint density at radius 1 is 1.47 bits per heavy atom. The third kappa shape index (κ3) is 2.05. The maximum Gasteiger partial charge on any atom is 0.335 e. The standard InChI is InChI=1S/C13H14N4O2/c1-16-12(14-8-15-16)7-17-5-4-9-6-10(13(18)19)2-3-11(9)17/h2-3,6,8H,4-5,7H2,1H3,(H,18,19). The Morgan fingerprint density at radius 2 is 2.32 bits per heavy atom. The molecule has 0 unspecified atom stereocenters. The van der Waals surface area contributed by atoms with Gasteiger partial charge >= 0.3 is 5.97 Å². The van der Waals surface area contributed by atoms with Crippen LogP contribution < -0.4 is 4.90 Å². The van der Waals surface area contributed by atoms with Crippen LogP contribution in [0.5, 0.6) is 0 Å². The number of aromatic nitrogens is 3. The maximum atomic E-state index is 10.9. The van der Waals surface area contributed by atoms with Crippen molar-refractivity contribution in [2.75, 3.05) is 11.4 Å². The zero-order valence-corrected chi connectivity index (χ0v) is 10.6. The first-order chi connectivity index (χ1) is 9.15. The summed E-state index contributed by atoms with van der Waals surface area (Å²) in [6.45, 7) is 1.57. The van der Waals surface area contributed by atoms with E-state index >= 15 is 0 Å². The first-order valence-electron chi connectivity index (χ1n) is 6.09. The number of nitrogens with zero attached hydrogens (tertiary/aromatic N) is 4. The first kappa shape index (κ1) is 11.7. The van der Waals surface area contributed by atoms with Gasteiger partial charge in [-0.05, 0) is 30.2 Å². The van der Waals surface area contributed by atoms with E-state index < -0.39 is 5.97 Å².